The van der Waals surface area contributed by atoms with Crippen LogP contribution < -0.4 is 5.48 Å². The third-order valence-electron chi connectivity index (χ3n) is 7.01. The van der Waals surface area contributed by atoms with Gasteiger partial charge < -0.3 is 4.90 Å². The maximum atomic E-state index is 13.4. The highest BCUT2D eigenvalue weighted by Gasteiger charge is 2.33. The summed E-state index contributed by atoms with van der Waals surface area (Å²) < 4.78 is 0. The first kappa shape index (κ1) is 24.4. The molecule has 2 atom stereocenters. The van der Waals surface area contributed by atoms with Crippen molar-refractivity contribution in [3.8, 4) is 0 Å². The molecule has 34 heavy (non-hydrogen) atoms. The number of benzene rings is 2. The second-order valence-electron chi connectivity index (χ2n) is 9.78. The number of hydroxylamine groups is 1. The zero-order valence-electron chi connectivity index (χ0n) is 20.2. The molecule has 0 unspecified atom stereocenters. The van der Waals surface area contributed by atoms with Crippen LogP contribution in [-0.4, -0.2) is 70.0 Å². The molecule has 2 fully saturated rings. The second kappa shape index (κ2) is 11.1. The molecule has 0 aromatic heterocycles. The lowest BCUT2D eigenvalue weighted by molar-refractivity contribution is 0.0268. The maximum absolute atomic E-state index is 13.4. The van der Waals surface area contributed by atoms with Crippen molar-refractivity contribution in [2.75, 3.05) is 26.2 Å². The van der Waals surface area contributed by atoms with Gasteiger partial charge in [-0.1, -0.05) is 30.7 Å². The molecule has 182 valence electrons. The lowest BCUT2D eigenvalue weighted by atomic mass is 10.0. The van der Waals surface area contributed by atoms with Crippen molar-refractivity contribution in [3.63, 3.8) is 0 Å². The van der Waals surface area contributed by atoms with Gasteiger partial charge in [0.25, 0.3) is 11.8 Å². The van der Waals surface area contributed by atoms with Gasteiger partial charge in [0.1, 0.15) is 0 Å². The molecular formula is C27H36N4O3. The van der Waals surface area contributed by atoms with Gasteiger partial charge in [-0.05, 0) is 75.2 Å². The normalized spacial score (nSPS) is 21.9. The van der Waals surface area contributed by atoms with Gasteiger partial charge in [0, 0.05) is 49.4 Å². The van der Waals surface area contributed by atoms with Gasteiger partial charge in [0.2, 0.25) is 0 Å². The van der Waals surface area contributed by atoms with E-state index in [1.54, 1.807) is 17.6 Å². The van der Waals surface area contributed by atoms with Gasteiger partial charge in [-0.15, -0.1) is 0 Å². The lowest BCUT2D eigenvalue weighted by Crippen LogP contribution is -2.58. The largest absolute Gasteiger partial charge is 0.331 e. The van der Waals surface area contributed by atoms with Gasteiger partial charge >= 0.3 is 0 Å². The minimum Gasteiger partial charge on any atom is -0.331 e. The Kier molecular flexibility index (Phi) is 7.98. The quantitative estimate of drug-likeness (QED) is 0.505. The van der Waals surface area contributed by atoms with Crippen molar-refractivity contribution in [3.05, 3.63) is 70.8 Å². The van der Waals surface area contributed by atoms with E-state index in [4.69, 9.17) is 5.21 Å². The van der Waals surface area contributed by atoms with Crippen LogP contribution in [0.5, 0.6) is 0 Å². The van der Waals surface area contributed by atoms with Crippen molar-refractivity contribution >= 4 is 11.8 Å². The number of hydrogen-bond acceptors (Lipinski definition) is 5. The topological polar surface area (TPSA) is 76.1 Å². The van der Waals surface area contributed by atoms with Crippen LogP contribution in [0.25, 0.3) is 0 Å². The third kappa shape index (κ3) is 5.84. The molecule has 4 rings (SSSR count). The molecule has 0 aliphatic carbocycles. The van der Waals surface area contributed by atoms with E-state index in [9.17, 15) is 9.59 Å². The van der Waals surface area contributed by atoms with Gasteiger partial charge in [0.15, 0.2) is 0 Å². The number of hydrogen-bond donors (Lipinski definition) is 2. The fourth-order valence-corrected chi connectivity index (χ4v) is 5.32. The number of piperidine rings is 1. The Bertz CT molecular complexity index is 958. The number of likely N-dealkylation sites (tertiary alicyclic amines) is 1. The SMILES string of the molecule is C[C@@H]1CN(Cc2ccc(C(=O)NO)cc2)C[C@H](C)N1C(=O)c1ccc(CN2CCCCC2)cc1. The van der Waals surface area contributed by atoms with E-state index in [-0.39, 0.29) is 18.0 Å². The van der Waals surface area contributed by atoms with Crippen LogP contribution in [0.15, 0.2) is 48.5 Å². The first-order valence-corrected chi connectivity index (χ1v) is 12.3. The third-order valence-corrected chi connectivity index (χ3v) is 7.01. The minimum atomic E-state index is -0.513. The number of carbonyl (C=O) groups excluding carboxylic acids is 2. The van der Waals surface area contributed by atoms with Crippen LogP contribution in [0.2, 0.25) is 0 Å². The number of amides is 2. The highest BCUT2D eigenvalue weighted by atomic mass is 16.5. The van der Waals surface area contributed by atoms with Crippen molar-refractivity contribution < 1.29 is 14.8 Å². The summed E-state index contributed by atoms with van der Waals surface area (Å²) in [6.45, 7) is 9.86. The molecule has 0 saturated carbocycles. The molecule has 7 heteroatoms. The Hall–Kier alpha value is -2.74. The van der Waals surface area contributed by atoms with E-state index < -0.39 is 5.91 Å². The van der Waals surface area contributed by atoms with Gasteiger partial charge in [-0.3, -0.25) is 24.6 Å². The second-order valence-corrected chi connectivity index (χ2v) is 9.78. The summed E-state index contributed by atoms with van der Waals surface area (Å²) in [4.78, 5) is 31.7. The smallest absolute Gasteiger partial charge is 0.274 e. The van der Waals surface area contributed by atoms with Crippen LogP contribution in [0.4, 0.5) is 0 Å². The molecule has 2 heterocycles. The minimum absolute atomic E-state index is 0.101. The number of carbonyl (C=O) groups is 2. The van der Waals surface area contributed by atoms with E-state index in [1.807, 2.05) is 29.2 Å². The predicted octanol–water partition coefficient (Wildman–Crippen LogP) is 3.53. The number of nitrogens with zero attached hydrogens (tertiary/aromatic N) is 3. The summed E-state index contributed by atoms with van der Waals surface area (Å²) >= 11 is 0. The first-order valence-electron chi connectivity index (χ1n) is 12.3. The zero-order valence-corrected chi connectivity index (χ0v) is 20.2. The van der Waals surface area contributed by atoms with Crippen LogP contribution in [-0.2, 0) is 13.1 Å². The molecule has 2 saturated heterocycles. The Morgan fingerprint density at radius 2 is 1.29 bits per heavy atom. The fourth-order valence-electron chi connectivity index (χ4n) is 5.32. The monoisotopic (exact) mass is 464 g/mol. The summed E-state index contributed by atoms with van der Waals surface area (Å²) in [6.07, 6.45) is 3.90. The Labute approximate surface area is 202 Å². The Balaban J connectivity index is 1.34. The average Bonchev–Trinajstić information content (AvgIpc) is 2.84. The Morgan fingerprint density at radius 1 is 0.794 bits per heavy atom. The molecule has 2 aromatic carbocycles. The molecule has 0 spiro atoms. The summed E-state index contributed by atoms with van der Waals surface area (Å²) in [7, 11) is 0. The van der Waals surface area contributed by atoms with Crippen LogP contribution in [0.3, 0.4) is 0 Å². The highest BCUT2D eigenvalue weighted by molar-refractivity contribution is 5.95. The molecule has 0 radical (unpaired) electrons. The van der Waals surface area contributed by atoms with E-state index in [2.05, 4.69) is 35.8 Å². The van der Waals surface area contributed by atoms with Crippen molar-refractivity contribution in [1.29, 1.82) is 0 Å². The number of rotatable bonds is 6. The predicted molar refractivity (Wildman–Crippen MR) is 132 cm³/mol. The molecule has 2 aromatic rings. The van der Waals surface area contributed by atoms with E-state index in [0.717, 1.165) is 37.3 Å². The van der Waals surface area contributed by atoms with Crippen molar-refractivity contribution in [1.82, 2.24) is 20.2 Å². The molecule has 2 N–H and O–H groups in total. The standard InChI is InChI=1S/C27H36N4O3/c1-20-16-30(19-23-6-10-24(11-7-23)26(32)28-34)17-21(2)31(20)27(33)25-12-8-22(9-13-25)18-29-14-4-3-5-15-29/h6-13,20-21,34H,3-5,14-19H2,1-2H3,(H,28,32)/t20-,21+. The fraction of sp³-hybridized carbons (Fsp3) is 0.481. The summed E-state index contributed by atoms with van der Waals surface area (Å²) in [5.74, 6) is -0.413. The van der Waals surface area contributed by atoms with Crippen molar-refractivity contribution in [2.45, 2.75) is 58.3 Å². The highest BCUT2D eigenvalue weighted by Crippen LogP contribution is 2.22. The van der Waals surface area contributed by atoms with Crippen LogP contribution in [0.1, 0.15) is 65.0 Å². The molecular weight excluding hydrogens is 428 g/mol. The van der Waals surface area contributed by atoms with E-state index >= 15 is 0 Å². The molecule has 7 nitrogen and oxygen atoms in total. The average molecular weight is 465 g/mol. The maximum Gasteiger partial charge on any atom is 0.274 e. The lowest BCUT2D eigenvalue weighted by Gasteiger charge is -2.44. The number of nitrogens with one attached hydrogen (secondary N) is 1. The van der Waals surface area contributed by atoms with Crippen LogP contribution >= 0.6 is 0 Å². The molecule has 2 amide bonds. The van der Waals surface area contributed by atoms with Gasteiger partial charge in [0.05, 0.1) is 0 Å². The summed E-state index contributed by atoms with van der Waals surface area (Å²) in [5, 5.41) is 8.77. The summed E-state index contributed by atoms with van der Waals surface area (Å²) in [5.41, 5.74) is 5.20. The Morgan fingerprint density at radius 3 is 1.82 bits per heavy atom. The van der Waals surface area contributed by atoms with E-state index in [1.165, 1.54) is 37.9 Å². The van der Waals surface area contributed by atoms with E-state index in [0.29, 0.717) is 5.56 Å². The van der Waals surface area contributed by atoms with Gasteiger partial charge in [-0.2, -0.15) is 0 Å². The zero-order chi connectivity index (χ0) is 24.1. The summed E-state index contributed by atoms with van der Waals surface area (Å²) in [6, 6.07) is 15.6. The number of piperazine rings is 1. The molecule has 0 bridgehead atoms. The molecule has 2 aliphatic rings. The molecule has 2 aliphatic heterocycles. The van der Waals surface area contributed by atoms with Gasteiger partial charge in [-0.25, -0.2) is 5.48 Å². The first-order chi connectivity index (χ1) is 16.4. The van der Waals surface area contributed by atoms with Crippen molar-refractivity contribution in [2.24, 2.45) is 0 Å². The van der Waals surface area contributed by atoms with Crippen LogP contribution in [0, 0.1) is 0 Å².